The van der Waals surface area contributed by atoms with Gasteiger partial charge in [-0.15, -0.1) is 10.2 Å². The molecule has 2 aromatic rings. The molecule has 0 saturated carbocycles. The largest absolute Gasteiger partial charge is 0.334 e. The van der Waals surface area contributed by atoms with E-state index in [9.17, 15) is 4.79 Å². The van der Waals surface area contributed by atoms with Crippen molar-refractivity contribution < 1.29 is 4.79 Å². The molecular weight excluding hydrogens is 286 g/mol. The van der Waals surface area contributed by atoms with Crippen molar-refractivity contribution in [1.29, 1.82) is 0 Å². The SMILES string of the molecule is Cc1nnc(NC(=O)NCc2ccccc2CN(C)C)s1. The average molecular weight is 305 g/mol. The van der Waals surface area contributed by atoms with Crippen molar-refractivity contribution in [3.05, 3.63) is 40.4 Å². The Morgan fingerprint density at radius 3 is 2.57 bits per heavy atom. The third-order valence-electron chi connectivity index (χ3n) is 2.79. The molecule has 6 nitrogen and oxygen atoms in total. The van der Waals surface area contributed by atoms with Gasteiger partial charge in [-0.3, -0.25) is 5.32 Å². The molecule has 0 spiro atoms. The summed E-state index contributed by atoms with van der Waals surface area (Å²) in [4.78, 5) is 13.9. The number of amides is 2. The third-order valence-corrected chi connectivity index (χ3v) is 3.54. The van der Waals surface area contributed by atoms with Crippen molar-refractivity contribution in [1.82, 2.24) is 20.4 Å². The van der Waals surface area contributed by atoms with Gasteiger partial charge in [-0.05, 0) is 32.1 Å². The number of benzene rings is 1. The summed E-state index contributed by atoms with van der Waals surface area (Å²) in [7, 11) is 4.05. The smallest absolute Gasteiger partial charge is 0.321 e. The minimum atomic E-state index is -0.272. The Kier molecular flexibility index (Phi) is 5.24. The van der Waals surface area contributed by atoms with E-state index in [0.717, 1.165) is 17.1 Å². The Hall–Kier alpha value is -1.99. The molecule has 1 heterocycles. The first-order chi connectivity index (χ1) is 10.0. The molecular formula is C14H19N5OS. The lowest BCUT2D eigenvalue weighted by Gasteiger charge is -2.14. The molecule has 1 aromatic heterocycles. The summed E-state index contributed by atoms with van der Waals surface area (Å²) in [5, 5.41) is 14.6. The van der Waals surface area contributed by atoms with Gasteiger partial charge in [0, 0.05) is 13.1 Å². The number of nitrogens with zero attached hydrogens (tertiary/aromatic N) is 3. The summed E-state index contributed by atoms with van der Waals surface area (Å²) in [5.41, 5.74) is 2.31. The Morgan fingerprint density at radius 2 is 1.95 bits per heavy atom. The summed E-state index contributed by atoms with van der Waals surface area (Å²) < 4.78 is 0. The topological polar surface area (TPSA) is 70.1 Å². The number of carbonyl (C=O) groups excluding carboxylic acids is 1. The van der Waals surface area contributed by atoms with Crippen LogP contribution in [0.3, 0.4) is 0 Å². The molecule has 0 atom stereocenters. The highest BCUT2D eigenvalue weighted by Crippen LogP contribution is 2.14. The molecule has 2 N–H and O–H groups in total. The maximum atomic E-state index is 11.8. The highest BCUT2D eigenvalue weighted by atomic mass is 32.1. The maximum absolute atomic E-state index is 11.8. The zero-order valence-corrected chi connectivity index (χ0v) is 13.2. The number of hydrogen-bond donors (Lipinski definition) is 2. The van der Waals surface area contributed by atoms with Gasteiger partial charge in [0.15, 0.2) is 0 Å². The first-order valence-electron chi connectivity index (χ1n) is 6.61. The van der Waals surface area contributed by atoms with E-state index in [4.69, 9.17) is 0 Å². The number of hydrogen-bond acceptors (Lipinski definition) is 5. The molecule has 1 aromatic carbocycles. The normalized spacial score (nSPS) is 10.7. The molecule has 0 bridgehead atoms. The number of aryl methyl sites for hydroxylation is 1. The number of anilines is 1. The van der Waals surface area contributed by atoms with E-state index < -0.39 is 0 Å². The standard InChI is InChI=1S/C14H19N5OS/c1-10-17-18-14(21-10)16-13(20)15-8-11-6-4-5-7-12(11)9-19(2)3/h4-7H,8-9H2,1-3H3,(H2,15,16,18,20). The fraction of sp³-hybridized carbons (Fsp3) is 0.357. The highest BCUT2D eigenvalue weighted by Gasteiger charge is 2.07. The van der Waals surface area contributed by atoms with Crippen LogP contribution < -0.4 is 10.6 Å². The summed E-state index contributed by atoms with van der Waals surface area (Å²) in [6.45, 7) is 3.17. The lowest BCUT2D eigenvalue weighted by Crippen LogP contribution is -2.28. The second kappa shape index (κ2) is 7.14. The second-order valence-corrected chi connectivity index (χ2v) is 6.12. The van der Waals surface area contributed by atoms with Gasteiger partial charge in [0.2, 0.25) is 5.13 Å². The van der Waals surface area contributed by atoms with E-state index in [1.807, 2.05) is 39.2 Å². The van der Waals surface area contributed by atoms with E-state index in [1.165, 1.54) is 16.9 Å². The van der Waals surface area contributed by atoms with Gasteiger partial charge >= 0.3 is 6.03 Å². The molecule has 21 heavy (non-hydrogen) atoms. The lowest BCUT2D eigenvalue weighted by molar-refractivity contribution is 0.251. The summed E-state index contributed by atoms with van der Waals surface area (Å²) in [6, 6.07) is 7.80. The first-order valence-corrected chi connectivity index (χ1v) is 7.42. The van der Waals surface area contributed by atoms with Crippen molar-refractivity contribution in [2.24, 2.45) is 0 Å². The summed E-state index contributed by atoms with van der Waals surface area (Å²) in [6.07, 6.45) is 0. The van der Waals surface area contributed by atoms with Crippen LogP contribution in [0.4, 0.5) is 9.93 Å². The molecule has 0 aliphatic rings. The molecule has 0 saturated heterocycles. The van der Waals surface area contributed by atoms with E-state index in [2.05, 4.69) is 31.8 Å². The average Bonchev–Trinajstić information content (AvgIpc) is 2.82. The molecule has 0 aliphatic carbocycles. The van der Waals surface area contributed by atoms with Crippen molar-refractivity contribution >= 4 is 22.5 Å². The van der Waals surface area contributed by atoms with Gasteiger partial charge in [0.25, 0.3) is 0 Å². The summed E-state index contributed by atoms with van der Waals surface area (Å²) in [5.74, 6) is 0. The van der Waals surface area contributed by atoms with Crippen LogP contribution in [-0.4, -0.2) is 35.2 Å². The first kappa shape index (κ1) is 15.4. The van der Waals surface area contributed by atoms with Crippen LogP contribution in [-0.2, 0) is 13.1 Å². The molecule has 112 valence electrons. The van der Waals surface area contributed by atoms with Crippen LogP contribution in [0, 0.1) is 6.92 Å². The molecule has 0 radical (unpaired) electrons. The lowest BCUT2D eigenvalue weighted by atomic mass is 10.1. The maximum Gasteiger partial charge on any atom is 0.321 e. The Labute approximate surface area is 128 Å². The van der Waals surface area contributed by atoms with Crippen LogP contribution in [0.25, 0.3) is 0 Å². The predicted molar refractivity (Wildman–Crippen MR) is 84.3 cm³/mol. The van der Waals surface area contributed by atoms with Crippen LogP contribution >= 0.6 is 11.3 Å². The Bertz CT molecular complexity index is 611. The Balaban J connectivity index is 1.92. The van der Waals surface area contributed by atoms with Crippen molar-refractivity contribution in [3.8, 4) is 0 Å². The minimum Gasteiger partial charge on any atom is -0.334 e. The van der Waals surface area contributed by atoms with Crippen molar-refractivity contribution in [2.45, 2.75) is 20.0 Å². The van der Waals surface area contributed by atoms with E-state index in [-0.39, 0.29) is 6.03 Å². The fourth-order valence-electron chi connectivity index (χ4n) is 1.89. The van der Waals surface area contributed by atoms with E-state index >= 15 is 0 Å². The second-order valence-electron chi connectivity index (χ2n) is 4.94. The van der Waals surface area contributed by atoms with Crippen LogP contribution in [0.2, 0.25) is 0 Å². The molecule has 7 heteroatoms. The zero-order chi connectivity index (χ0) is 15.2. The molecule has 2 rings (SSSR count). The van der Waals surface area contributed by atoms with Gasteiger partial charge in [-0.1, -0.05) is 35.6 Å². The van der Waals surface area contributed by atoms with Gasteiger partial charge in [0.1, 0.15) is 5.01 Å². The quantitative estimate of drug-likeness (QED) is 0.888. The minimum absolute atomic E-state index is 0.272. The van der Waals surface area contributed by atoms with Crippen LogP contribution in [0.1, 0.15) is 16.1 Å². The number of urea groups is 1. The molecule has 0 fully saturated rings. The van der Waals surface area contributed by atoms with Crippen molar-refractivity contribution in [2.75, 3.05) is 19.4 Å². The number of nitrogens with one attached hydrogen (secondary N) is 2. The monoisotopic (exact) mass is 305 g/mol. The summed E-state index contributed by atoms with van der Waals surface area (Å²) >= 11 is 1.35. The molecule has 0 aliphatic heterocycles. The van der Waals surface area contributed by atoms with Gasteiger partial charge in [-0.2, -0.15) is 0 Å². The predicted octanol–water partition coefficient (Wildman–Crippen LogP) is 2.23. The number of carbonyl (C=O) groups is 1. The number of rotatable bonds is 5. The fourth-order valence-corrected chi connectivity index (χ4v) is 2.48. The van der Waals surface area contributed by atoms with Gasteiger partial charge in [0.05, 0.1) is 0 Å². The Morgan fingerprint density at radius 1 is 1.24 bits per heavy atom. The van der Waals surface area contributed by atoms with Gasteiger partial charge < -0.3 is 10.2 Å². The van der Waals surface area contributed by atoms with Crippen LogP contribution in [0.5, 0.6) is 0 Å². The molecule has 2 amide bonds. The third kappa shape index (κ3) is 4.80. The van der Waals surface area contributed by atoms with Crippen molar-refractivity contribution in [3.63, 3.8) is 0 Å². The number of aromatic nitrogens is 2. The van der Waals surface area contributed by atoms with E-state index in [1.54, 1.807) is 0 Å². The van der Waals surface area contributed by atoms with E-state index in [0.29, 0.717) is 11.7 Å². The van der Waals surface area contributed by atoms with Gasteiger partial charge in [-0.25, -0.2) is 4.79 Å². The van der Waals surface area contributed by atoms with Crippen LogP contribution in [0.15, 0.2) is 24.3 Å². The molecule has 0 unspecified atom stereocenters. The highest BCUT2D eigenvalue weighted by molar-refractivity contribution is 7.15. The zero-order valence-electron chi connectivity index (χ0n) is 12.4.